The lowest BCUT2D eigenvalue weighted by Gasteiger charge is -2.38. The zero-order chi connectivity index (χ0) is 18.4. The summed E-state index contributed by atoms with van der Waals surface area (Å²) in [7, 11) is 1.69. The normalized spacial score (nSPS) is 20.0. The van der Waals surface area contributed by atoms with Crippen LogP contribution in [0.2, 0.25) is 0 Å². The van der Waals surface area contributed by atoms with Crippen LogP contribution in [0.1, 0.15) is 31.4 Å². The van der Waals surface area contributed by atoms with Gasteiger partial charge in [0.15, 0.2) is 0 Å². The number of ether oxygens (including phenoxy) is 1. The van der Waals surface area contributed by atoms with Gasteiger partial charge in [-0.2, -0.15) is 0 Å². The Hall–Kier alpha value is -1.86. The summed E-state index contributed by atoms with van der Waals surface area (Å²) in [4.78, 5) is 28.6. The summed E-state index contributed by atoms with van der Waals surface area (Å²) in [5, 5.41) is 2.89. The number of hydrogen-bond acceptors (Lipinski definition) is 5. The van der Waals surface area contributed by atoms with Crippen molar-refractivity contribution < 1.29 is 18.7 Å². The number of furan rings is 1. The number of nitrogens with zero attached hydrogens (tertiary/aromatic N) is 2. The van der Waals surface area contributed by atoms with Gasteiger partial charge >= 0.3 is 0 Å². The standard InChI is InChI=1S/C19H29N3O4/c1-25-10-3-7-22-15-19(12-18(22)24)5-8-21(9-6-19)14-17(23)20-13-16-4-2-11-26-16/h2,4,11H,3,5-10,12-15H2,1H3,(H,20,23). The molecule has 7 nitrogen and oxygen atoms in total. The molecular weight excluding hydrogens is 334 g/mol. The SMILES string of the molecule is COCCCN1CC2(CCN(CC(=O)NCc3ccco3)CC2)CC1=O. The van der Waals surface area contributed by atoms with Crippen molar-refractivity contribution in [3.8, 4) is 0 Å². The number of nitrogens with one attached hydrogen (secondary N) is 1. The maximum Gasteiger partial charge on any atom is 0.234 e. The van der Waals surface area contributed by atoms with E-state index >= 15 is 0 Å². The monoisotopic (exact) mass is 363 g/mol. The van der Waals surface area contributed by atoms with E-state index in [4.69, 9.17) is 9.15 Å². The molecule has 1 spiro atoms. The van der Waals surface area contributed by atoms with Gasteiger partial charge in [-0.05, 0) is 49.9 Å². The molecule has 3 heterocycles. The molecule has 26 heavy (non-hydrogen) atoms. The Morgan fingerprint density at radius 2 is 2.19 bits per heavy atom. The third-order valence-electron chi connectivity index (χ3n) is 5.51. The van der Waals surface area contributed by atoms with Crippen LogP contribution >= 0.6 is 0 Å². The van der Waals surface area contributed by atoms with Crippen LogP contribution in [0.3, 0.4) is 0 Å². The molecule has 2 saturated heterocycles. The highest BCUT2D eigenvalue weighted by Gasteiger charge is 2.44. The van der Waals surface area contributed by atoms with Crippen molar-refractivity contribution in [2.24, 2.45) is 5.41 Å². The first-order chi connectivity index (χ1) is 12.6. The predicted molar refractivity (Wildman–Crippen MR) is 96.4 cm³/mol. The first kappa shape index (κ1) is 18.9. The van der Waals surface area contributed by atoms with Crippen molar-refractivity contribution in [2.45, 2.75) is 32.2 Å². The summed E-state index contributed by atoms with van der Waals surface area (Å²) in [6, 6.07) is 3.66. The number of carbonyl (C=O) groups excluding carboxylic acids is 2. The third kappa shape index (κ3) is 4.86. The average molecular weight is 363 g/mol. The molecule has 0 bridgehead atoms. The fourth-order valence-corrected chi connectivity index (χ4v) is 3.96. The number of amides is 2. The molecule has 3 rings (SSSR count). The van der Waals surface area contributed by atoms with Gasteiger partial charge in [0.1, 0.15) is 5.76 Å². The second-order valence-electron chi connectivity index (χ2n) is 7.47. The second kappa shape index (κ2) is 8.68. The van der Waals surface area contributed by atoms with Crippen LogP contribution in [-0.4, -0.2) is 68.1 Å². The van der Waals surface area contributed by atoms with Crippen LogP contribution in [0.4, 0.5) is 0 Å². The van der Waals surface area contributed by atoms with Crippen LogP contribution in [0, 0.1) is 5.41 Å². The molecular formula is C19H29N3O4. The van der Waals surface area contributed by atoms with Gasteiger partial charge in [0.05, 0.1) is 19.4 Å². The van der Waals surface area contributed by atoms with E-state index in [0.717, 1.165) is 51.2 Å². The lowest BCUT2D eigenvalue weighted by molar-refractivity contribution is -0.128. The fraction of sp³-hybridized carbons (Fsp3) is 0.684. The number of piperidine rings is 1. The summed E-state index contributed by atoms with van der Waals surface area (Å²) in [6.45, 7) is 4.90. The molecule has 2 amide bonds. The van der Waals surface area contributed by atoms with E-state index in [1.807, 2.05) is 17.0 Å². The smallest absolute Gasteiger partial charge is 0.234 e. The Morgan fingerprint density at radius 3 is 2.88 bits per heavy atom. The van der Waals surface area contributed by atoms with Gasteiger partial charge in [-0.1, -0.05) is 0 Å². The van der Waals surface area contributed by atoms with Crippen LogP contribution in [0.25, 0.3) is 0 Å². The number of carbonyl (C=O) groups is 2. The third-order valence-corrected chi connectivity index (χ3v) is 5.51. The van der Waals surface area contributed by atoms with Gasteiger partial charge in [0.2, 0.25) is 11.8 Å². The molecule has 0 unspecified atom stereocenters. The molecule has 0 aliphatic carbocycles. The molecule has 0 radical (unpaired) electrons. The largest absolute Gasteiger partial charge is 0.467 e. The molecule has 0 atom stereocenters. The van der Waals surface area contributed by atoms with E-state index < -0.39 is 0 Å². The first-order valence-electron chi connectivity index (χ1n) is 9.38. The molecule has 1 N–H and O–H groups in total. The molecule has 1 aromatic heterocycles. The Morgan fingerprint density at radius 1 is 1.38 bits per heavy atom. The number of rotatable bonds is 8. The van der Waals surface area contributed by atoms with E-state index in [0.29, 0.717) is 26.1 Å². The van der Waals surface area contributed by atoms with Gasteiger partial charge in [-0.25, -0.2) is 0 Å². The molecule has 2 fully saturated rings. The van der Waals surface area contributed by atoms with Gasteiger partial charge in [-0.3, -0.25) is 14.5 Å². The molecule has 2 aliphatic heterocycles. The van der Waals surface area contributed by atoms with Crippen LogP contribution in [0.5, 0.6) is 0 Å². The van der Waals surface area contributed by atoms with Crippen LogP contribution in [-0.2, 0) is 20.9 Å². The lowest BCUT2D eigenvalue weighted by atomic mass is 9.77. The minimum Gasteiger partial charge on any atom is -0.467 e. The van der Waals surface area contributed by atoms with Crippen molar-refractivity contribution in [1.82, 2.24) is 15.1 Å². The minimum absolute atomic E-state index is 0.0149. The highest BCUT2D eigenvalue weighted by atomic mass is 16.5. The maximum absolute atomic E-state index is 12.3. The van der Waals surface area contributed by atoms with Gasteiger partial charge in [-0.15, -0.1) is 0 Å². The first-order valence-corrected chi connectivity index (χ1v) is 9.38. The topological polar surface area (TPSA) is 75.0 Å². The average Bonchev–Trinajstić information content (AvgIpc) is 3.24. The summed E-state index contributed by atoms with van der Waals surface area (Å²) in [6.07, 6.45) is 5.10. The minimum atomic E-state index is 0.0149. The molecule has 2 aliphatic rings. The molecule has 144 valence electrons. The summed E-state index contributed by atoms with van der Waals surface area (Å²) in [5.41, 5.74) is 0.102. The summed E-state index contributed by atoms with van der Waals surface area (Å²) < 4.78 is 10.3. The number of hydrogen-bond donors (Lipinski definition) is 1. The van der Waals surface area contributed by atoms with E-state index in [2.05, 4.69) is 10.2 Å². The van der Waals surface area contributed by atoms with E-state index in [9.17, 15) is 9.59 Å². The van der Waals surface area contributed by atoms with Crippen LogP contribution in [0.15, 0.2) is 22.8 Å². The molecule has 0 saturated carbocycles. The van der Waals surface area contributed by atoms with Crippen molar-refractivity contribution in [2.75, 3.05) is 46.4 Å². The molecule has 7 heteroatoms. The highest BCUT2D eigenvalue weighted by molar-refractivity contribution is 5.79. The number of likely N-dealkylation sites (tertiary alicyclic amines) is 2. The second-order valence-corrected chi connectivity index (χ2v) is 7.47. The Labute approximate surface area is 154 Å². The van der Waals surface area contributed by atoms with E-state index in [-0.39, 0.29) is 17.2 Å². The summed E-state index contributed by atoms with van der Waals surface area (Å²) >= 11 is 0. The Bertz CT molecular complexity index is 594. The lowest BCUT2D eigenvalue weighted by Crippen LogP contribution is -2.45. The Kier molecular flexibility index (Phi) is 6.32. The molecule has 1 aromatic rings. The molecule has 0 aromatic carbocycles. The van der Waals surface area contributed by atoms with Gasteiger partial charge < -0.3 is 19.4 Å². The van der Waals surface area contributed by atoms with Crippen molar-refractivity contribution in [1.29, 1.82) is 0 Å². The maximum atomic E-state index is 12.3. The van der Waals surface area contributed by atoms with Crippen molar-refractivity contribution >= 4 is 11.8 Å². The number of methoxy groups -OCH3 is 1. The van der Waals surface area contributed by atoms with Gasteiger partial charge in [0, 0.05) is 33.2 Å². The zero-order valence-electron chi connectivity index (χ0n) is 15.5. The fourth-order valence-electron chi connectivity index (χ4n) is 3.96. The van der Waals surface area contributed by atoms with Crippen molar-refractivity contribution in [3.63, 3.8) is 0 Å². The van der Waals surface area contributed by atoms with E-state index in [1.54, 1.807) is 13.4 Å². The highest BCUT2D eigenvalue weighted by Crippen LogP contribution is 2.40. The predicted octanol–water partition coefficient (Wildman–Crippen LogP) is 1.25. The summed E-state index contributed by atoms with van der Waals surface area (Å²) in [5.74, 6) is 1.04. The quantitative estimate of drug-likeness (QED) is 0.704. The zero-order valence-corrected chi connectivity index (χ0v) is 15.5. The Balaban J connectivity index is 1.39. The van der Waals surface area contributed by atoms with Crippen LogP contribution < -0.4 is 5.32 Å². The van der Waals surface area contributed by atoms with E-state index in [1.165, 1.54) is 0 Å². The van der Waals surface area contributed by atoms with Gasteiger partial charge in [0.25, 0.3) is 0 Å². The van der Waals surface area contributed by atoms with Crippen molar-refractivity contribution in [3.05, 3.63) is 24.2 Å².